The van der Waals surface area contributed by atoms with E-state index in [0.29, 0.717) is 24.6 Å². The average Bonchev–Trinajstić information content (AvgIpc) is 3.05. The van der Waals surface area contributed by atoms with Crippen molar-refractivity contribution >= 4 is 11.3 Å². The molecule has 158 valence electrons. The maximum absolute atomic E-state index is 13.9. The van der Waals surface area contributed by atoms with Gasteiger partial charge in [-0.05, 0) is 57.8 Å². The minimum atomic E-state index is -0.557. The molecule has 0 saturated carbocycles. The summed E-state index contributed by atoms with van der Waals surface area (Å²) in [6.45, 7) is 6.57. The summed E-state index contributed by atoms with van der Waals surface area (Å²) in [7, 11) is 0. The van der Waals surface area contributed by atoms with Gasteiger partial charge >= 0.3 is 0 Å². The standard InChI is InChI=1S/C22H24F2N4OS/c1-14-22(30-15(2)25-14)20-5-6-21(29)28(26-20)12-16-7-9-27(10-8-16)13-17-3-4-18(23)11-19(17)24/h3-6,11,16H,7-10,12-13H2,1-2H3. The third kappa shape index (κ3) is 4.65. The van der Waals surface area contributed by atoms with Crippen molar-refractivity contribution in [3.63, 3.8) is 0 Å². The van der Waals surface area contributed by atoms with E-state index in [2.05, 4.69) is 15.0 Å². The molecule has 5 nitrogen and oxygen atoms in total. The molecule has 0 unspecified atom stereocenters. The number of hydrogen-bond acceptors (Lipinski definition) is 5. The lowest BCUT2D eigenvalue weighted by atomic mass is 9.96. The van der Waals surface area contributed by atoms with Crippen molar-refractivity contribution in [1.82, 2.24) is 19.7 Å². The first-order chi connectivity index (χ1) is 14.4. The van der Waals surface area contributed by atoms with Crippen LogP contribution in [0.1, 0.15) is 29.1 Å². The smallest absolute Gasteiger partial charge is 0.266 e. The number of likely N-dealkylation sites (tertiary alicyclic amines) is 1. The Morgan fingerprint density at radius 3 is 2.57 bits per heavy atom. The van der Waals surface area contributed by atoms with E-state index in [4.69, 9.17) is 0 Å². The Morgan fingerprint density at radius 1 is 1.13 bits per heavy atom. The topological polar surface area (TPSA) is 51.0 Å². The van der Waals surface area contributed by atoms with Gasteiger partial charge in [0.05, 0.1) is 15.6 Å². The molecule has 1 aromatic carbocycles. The van der Waals surface area contributed by atoms with Crippen LogP contribution in [-0.4, -0.2) is 32.8 Å². The van der Waals surface area contributed by atoms with E-state index in [1.54, 1.807) is 28.2 Å². The van der Waals surface area contributed by atoms with E-state index in [9.17, 15) is 13.6 Å². The summed E-state index contributed by atoms with van der Waals surface area (Å²) in [4.78, 5) is 20.0. The Hall–Kier alpha value is -2.45. The molecule has 30 heavy (non-hydrogen) atoms. The van der Waals surface area contributed by atoms with E-state index in [1.165, 1.54) is 12.1 Å². The van der Waals surface area contributed by atoms with E-state index in [-0.39, 0.29) is 5.56 Å². The highest BCUT2D eigenvalue weighted by Gasteiger charge is 2.22. The minimum Gasteiger partial charge on any atom is -0.299 e. The summed E-state index contributed by atoms with van der Waals surface area (Å²) in [6.07, 6.45) is 1.81. The van der Waals surface area contributed by atoms with Gasteiger partial charge in [-0.2, -0.15) is 5.10 Å². The quantitative estimate of drug-likeness (QED) is 0.610. The fourth-order valence-corrected chi connectivity index (χ4v) is 4.82. The summed E-state index contributed by atoms with van der Waals surface area (Å²) in [5.41, 5.74) is 2.11. The summed E-state index contributed by atoms with van der Waals surface area (Å²) in [5, 5.41) is 5.57. The van der Waals surface area contributed by atoms with Crippen LogP contribution >= 0.6 is 11.3 Å². The first-order valence-electron chi connectivity index (χ1n) is 10.1. The maximum atomic E-state index is 13.9. The zero-order chi connectivity index (χ0) is 21.3. The Bertz CT molecular complexity index is 1100. The summed E-state index contributed by atoms with van der Waals surface area (Å²) < 4.78 is 28.6. The van der Waals surface area contributed by atoms with Crippen LogP contribution in [0.2, 0.25) is 0 Å². The van der Waals surface area contributed by atoms with Crippen LogP contribution in [0.3, 0.4) is 0 Å². The summed E-state index contributed by atoms with van der Waals surface area (Å²) in [5.74, 6) is -0.721. The SMILES string of the molecule is Cc1nc(C)c(-c2ccc(=O)n(CC3CCN(Cc4ccc(F)cc4F)CC3)n2)s1. The fraction of sp³-hybridized carbons (Fsp3) is 0.409. The summed E-state index contributed by atoms with van der Waals surface area (Å²) in [6, 6.07) is 7.07. The molecular weight excluding hydrogens is 406 g/mol. The molecular formula is C22H24F2N4OS. The number of aromatic nitrogens is 3. The third-order valence-corrected chi connectivity index (χ3v) is 6.65. The average molecular weight is 431 g/mol. The van der Waals surface area contributed by atoms with Gasteiger partial charge in [0.2, 0.25) is 0 Å². The molecule has 0 N–H and O–H groups in total. The summed E-state index contributed by atoms with van der Waals surface area (Å²) >= 11 is 1.58. The van der Waals surface area contributed by atoms with Crippen molar-refractivity contribution in [2.45, 2.75) is 39.8 Å². The molecule has 8 heteroatoms. The van der Waals surface area contributed by atoms with Crippen LogP contribution in [0.4, 0.5) is 8.78 Å². The second-order valence-electron chi connectivity index (χ2n) is 7.84. The molecule has 1 saturated heterocycles. The largest absolute Gasteiger partial charge is 0.299 e. The molecule has 2 aromatic heterocycles. The molecule has 0 radical (unpaired) electrons. The van der Waals surface area contributed by atoms with Crippen molar-refractivity contribution in [2.75, 3.05) is 13.1 Å². The lowest BCUT2D eigenvalue weighted by molar-refractivity contribution is 0.162. The lowest BCUT2D eigenvalue weighted by Gasteiger charge is -2.32. The zero-order valence-corrected chi connectivity index (χ0v) is 17.9. The van der Waals surface area contributed by atoms with Gasteiger partial charge in [0.1, 0.15) is 17.3 Å². The number of aryl methyl sites for hydroxylation is 2. The number of rotatable bonds is 5. The molecule has 3 aromatic rings. The first kappa shape index (κ1) is 20.8. The highest BCUT2D eigenvalue weighted by atomic mass is 32.1. The molecule has 1 aliphatic rings. The van der Waals surface area contributed by atoms with Crippen LogP contribution in [0, 0.1) is 31.4 Å². The van der Waals surface area contributed by atoms with Gasteiger partial charge in [-0.3, -0.25) is 9.69 Å². The monoisotopic (exact) mass is 430 g/mol. The van der Waals surface area contributed by atoms with Crippen LogP contribution < -0.4 is 5.56 Å². The number of hydrogen-bond donors (Lipinski definition) is 0. The molecule has 0 atom stereocenters. The Kier molecular flexibility index (Phi) is 6.06. The van der Waals surface area contributed by atoms with Gasteiger partial charge in [-0.15, -0.1) is 11.3 Å². The highest BCUT2D eigenvalue weighted by molar-refractivity contribution is 7.15. The van der Waals surface area contributed by atoms with Gasteiger partial charge in [0.15, 0.2) is 0 Å². The second kappa shape index (κ2) is 8.73. The number of piperidine rings is 1. The van der Waals surface area contributed by atoms with Crippen LogP contribution in [0.25, 0.3) is 10.6 Å². The van der Waals surface area contributed by atoms with Crippen LogP contribution in [0.5, 0.6) is 0 Å². The number of benzene rings is 1. The first-order valence-corrected chi connectivity index (χ1v) is 10.9. The molecule has 0 amide bonds. The van der Waals surface area contributed by atoms with Crippen molar-refractivity contribution in [1.29, 1.82) is 0 Å². The van der Waals surface area contributed by atoms with E-state index in [1.807, 2.05) is 13.8 Å². The van der Waals surface area contributed by atoms with Crippen LogP contribution in [-0.2, 0) is 13.1 Å². The van der Waals surface area contributed by atoms with Crippen molar-refractivity contribution in [2.24, 2.45) is 5.92 Å². The van der Waals surface area contributed by atoms with Gasteiger partial charge in [0, 0.05) is 30.8 Å². The molecule has 0 aliphatic carbocycles. The van der Waals surface area contributed by atoms with Crippen molar-refractivity contribution in [3.8, 4) is 10.6 Å². The van der Waals surface area contributed by atoms with Crippen molar-refractivity contribution in [3.05, 3.63) is 68.6 Å². The van der Waals surface area contributed by atoms with Gasteiger partial charge in [-0.25, -0.2) is 18.4 Å². The predicted octanol–water partition coefficient (Wildman–Crippen LogP) is 4.17. The zero-order valence-electron chi connectivity index (χ0n) is 17.1. The fourth-order valence-electron chi connectivity index (χ4n) is 3.93. The van der Waals surface area contributed by atoms with E-state index >= 15 is 0 Å². The predicted molar refractivity (Wildman–Crippen MR) is 113 cm³/mol. The molecule has 1 aliphatic heterocycles. The number of halogens is 2. The van der Waals surface area contributed by atoms with Crippen molar-refractivity contribution < 1.29 is 8.78 Å². The van der Waals surface area contributed by atoms with Gasteiger partial charge < -0.3 is 0 Å². The Morgan fingerprint density at radius 2 is 1.90 bits per heavy atom. The molecule has 1 fully saturated rings. The van der Waals surface area contributed by atoms with E-state index < -0.39 is 11.6 Å². The van der Waals surface area contributed by atoms with Crippen LogP contribution in [0.15, 0.2) is 35.1 Å². The molecule has 0 spiro atoms. The minimum absolute atomic E-state index is 0.103. The molecule has 4 rings (SSSR count). The second-order valence-corrected chi connectivity index (χ2v) is 9.04. The molecule has 3 heterocycles. The Labute approximate surface area is 178 Å². The normalized spacial score (nSPS) is 15.6. The highest BCUT2D eigenvalue weighted by Crippen LogP contribution is 2.27. The number of thiazole rings is 1. The number of nitrogens with zero attached hydrogens (tertiary/aromatic N) is 4. The third-order valence-electron chi connectivity index (χ3n) is 5.55. The van der Waals surface area contributed by atoms with E-state index in [0.717, 1.165) is 53.3 Å². The Balaban J connectivity index is 1.40. The maximum Gasteiger partial charge on any atom is 0.266 e. The molecule has 0 bridgehead atoms. The lowest BCUT2D eigenvalue weighted by Crippen LogP contribution is -2.36. The van der Waals surface area contributed by atoms with Gasteiger partial charge in [0.25, 0.3) is 5.56 Å². The van der Waals surface area contributed by atoms with Gasteiger partial charge in [-0.1, -0.05) is 6.07 Å².